The number of benzene rings is 1. The van der Waals surface area contributed by atoms with Crippen LogP contribution < -0.4 is 4.90 Å². The van der Waals surface area contributed by atoms with Crippen LogP contribution in [0.2, 0.25) is 0 Å². The Kier molecular flexibility index (Phi) is 2.73. The van der Waals surface area contributed by atoms with Gasteiger partial charge in [-0.3, -0.25) is 0 Å². The molecule has 1 aliphatic heterocycles. The van der Waals surface area contributed by atoms with E-state index in [1.807, 2.05) is 6.07 Å². The Labute approximate surface area is 85.5 Å². The van der Waals surface area contributed by atoms with Gasteiger partial charge in [0, 0.05) is 11.7 Å². The molecule has 2 nitrogen and oxygen atoms in total. The Bertz CT molecular complexity index is 286. The van der Waals surface area contributed by atoms with Crippen molar-refractivity contribution in [3.63, 3.8) is 0 Å². The summed E-state index contributed by atoms with van der Waals surface area (Å²) in [5, 5.41) is 0. The highest BCUT2D eigenvalue weighted by Crippen LogP contribution is 2.23. The van der Waals surface area contributed by atoms with E-state index in [1.54, 1.807) is 0 Å². The minimum absolute atomic E-state index is 0.561. The maximum absolute atomic E-state index is 5.55. The molecular formula is C12H17NO. The maximum Gasteiger partial charge on any atom is 0.119 e. The second kappa shape index (κ2) is 4.01. The number of hydrogen-bond donors (Lipinski definition) is 0. The van der Waals surface area contributed by atoms with Crippen LogP contribution in [0.5, 0.6) is 0 Å². The fraction of sp³-hybridized carbons (Fsp3) is 0.500. The summed E-state index contributed by atoms with van der Waals surface area (Å²) < 4.78 is 5.55. The summed E-state index contributed by atoms with van der Waals surface area (Å²) in [7, 11) is 0. The zero-order valence-corrected chi connectivity index (χ0v) is 8.81. The molecule has 0 N–H and O–H groups in total. The van der Waals surface area contributed by atoms with Gasteiger partial charge in [-0.05, 0) is 25.0 Å². The molecule has 0 aromatic heterocycles. The monoisotopic (exact) mass is 191 g/mol. The predicted octanol–water partition coefficient (Wildman–Crippen LogP) is 2.51. The Morgan fingerprint density at radius 1 is 1.21 bits per heavy atom. The molecule has 0 aliphatic carbocycles. The molecule has 1 aliphatic rings. The zero-order valence-electron chi connectivity index (χ0n) is 8.81. The van der Waals surface area contributed by atoms with Crippen LogP contribution in [-0.2, 0) is 4.74 Å². The molecule has 14 heavy (non-hydrogen) atoms. The van der Waals surface area contributed by atoms with Crippen LogP contribution in [0.3, 0.4) is 0 Å². The summed E-state index contributed by atoms with van der Waals surface area (Å²) >= 11 is 0. The van der Waals surface area contributed by atoms with Crippen LogP contribution in [0, 0.1) is 5.92 Å². The maximum atomic E-state index is 5.55. The molecule has 2 rings (SSSR count). The van der Waals surface area contributed by atoms with Gasteiger partial charge in [0.1, 0.15) is 6.73 Å². The summed E-state index contributed by atoms with van der Waals surface area (Å²) in [6.45, 7) is 6.10. The van der Waals surface area contributed by atoms with Crippen molar-refractivity contribution in [3.05, 3.63) is 30.3 Å². The molecule has 0 bridgehead atoms. The number of para-hydroxylation sites is 1. The van der Waals surface area contributed by atoms with Crippen molar-refractivity contribution in [1.29, 1.82) is 0 Å². The minimum Gasteiger partial charge on any atom is -0.361 e. The first-order valence-corrected chi connectivity index (χ1v) is 5.18. The van der Waals surface area contributed by atoms with Gasteiger partial charge in [-0.25, -0.2) is 0 Å². The van der Waals surface area contributed by atoms with Crippen LogP contribution in [0.15, 0.2) is 30.3 Å². The van der Waals surface area contributed by atoms with Crippen LogP contribution in [0.1, 0.15) is 13.8 Å². The molecule has 1 fully saturated rings. The first-order chi connectivity index (χ1) is 6.79. The molecule has 0 unspecified atom stereocenters. The minimum atomic E-state index is 0.561. The van der Waals surface area contributed by atoms with Gasteiger partial charge >= 0.3 is 0 Å². The molecule has 0 amide bonds. The molecule has 76 valence electrons. The molecule has 2 atom stereocenters. The van der Waals surface area contributed by atoms with Crippen molar-refractivity contribution >= 4 is 5.69 Å². The standard InChI is InChI=1S/C12H17NO/c1-10-8-14-9-13(11(10)2)12-6-4-3-5-7-12/h3-7,10-11H,8-9H2,1-2H3/t10-,11+/m0/s1. The van der Waals surface area contributed by atoms with E-state index >= 15 is 0 Å². The third-order valence-corrected chi connectivity index (χ3v) is 3.01. The lowest BCUT2D eigenvalue weighted by atomic mass is 10.0. The highest BCUT2D eigenvalue weighted by atomic mass is 16.5. The van der Waals surface area contributed by atoms with Crippen LogP contribution >= 0.6 is 0 Å². The molecule has 1 saturated heterocycles. The Hall–Kier alpha value is -1.02. The SMILES string of the molecule is C[C@@H]1[C@@H](C)COCN1c1ccccc1. The first kappa shape index (κ1) is 9.53. The Morgan fingerprint density at radius 3 is 2.64 bits per heavy atom. The fourth-order valence-electron chi connectivity index (χ4n) is 1.83. The van der Waals surface area contributed by atoms with Gasteiger partial charge in [0.05, 0.1) is 6.61 Å². The number of anilines is 1. The van der Waals surface area contributed by atoms with Gasteiger partial charge in [0.2, 0.25) is 0 Å². The number of hydrogen-bond acceptors (Lipinski definition) is 2. The largest absolute Gasteiger partial charge is 0.361 e. The van der Waals surface area contributed by atoms with E-state index in [0.717, 1.165) is 13.3 Å². The van der Waals surface area contributed by atoms with Crippen LogP contribution in [-0.4, -0.2) is 19.4 Å². The smallest absolute Gasteiger partial charge is 0.119 e. The summed E-state index contributed by atoms with van der Waals surface area (Å²) in [6, 6.07) is 11.0. The summed E-state index contributed by atoms with van der Waals surface area (Å²) in [5.74, 6) is 0.601. The van der Waals surface area contributed by atoms with E-state index in [0.29, 0.717) is 12.0 Å². The first-order valence-electron chi connectivity index (χ1n) is 5.18. The van der Waals surface area contributed by atoms with E-state index in [-0.39, 0.29) is 0 Å². The van der Waals surface area contributed by atoms with Gasteiger partial charge in [-0.1, -0.05) is 25.1 Å². The quantitative estimate of drug-likeness (QED) is 0.676. The summed E-state index contributed by atoms with van der Waals surface area (Å²) in [5.41, 5.74) is 1.26. The van der Waals surface area contributed by atoms with E-state index in [1.165, 1.54) is 5.69 Å². The molecule has 1 aromatic rings. The van der Waals surface area contributed by atoms with E-state index in [4.69, 9.17) is 4.74 Å². The number of ether oxygens (including phenoxy) is 1. The average Bonchev–Trinajstić information content (AvgIpc) is 2.23. The van der Waals surface area contributed by atoms with Crippen LogP contribution in [0.4, 0.5) is 5.69 Å². The average molecular weight is 191 g/mol. The third kappa shape index (κ3) is 1.75. The highest BCUT2D eigenvalue weighted by molar-refractivity contribution is 5.46. The number of nitrogens with zero attached hydrogens (tertiary/aromatic N) is 1. The lowest BCUT2D eigenvalue weighted by molar-refractivity contribution is 0.0539. The van der Waals surface area contributed by atoms with E-state index < -0.39 is 0 Å². The summed E-state index contributed by atoms with van der Waals surface area (Å²) in [4.78, 5) is 2.31. The molecule has 0 spiro atoms. The second-order valence-corrected chi connectivity index (χ2v) is 4.02. The number of rotatable bonds is 1. The predicted molar refractivity (Wildman–Crippen MR) is 58.4 cm³/mol. The van der Waals surface area contributed by atoms with Gasteiger partial charge in [-0.15, -0.1) is 0 Å². The normalized spacial score (nSPS) is 27.7. The zero-order chi connectivity index (χ0) is 9.97. The molecule has 1 aromatic carbocycles. The topological polar surface area (TPSA) is 12.5 Å². The lowest BCUT2D eigenvalue weighted by Gasteiger charge is -2.39. The van der Waals surface area contributed by atoms with E-state index in [9.17, 15) is 0 Å². The van der Waals surface area contributed by atoms with Crippen molar-refractivity contribution in [1.82, 2.24) is 0 Å². The fourth-order valence-corrected chi connectivity index (χ4v) is 1.83. The lowest BCUT2D eigenvalue weighted by Crippen LogP contribution is -2.45. The second-order valence-electron chi connectivity index (χ2n) is 4.02. The van der Waals surface area contributed by atoms with Crippen molar-refractivity contribution in [3.8, 4) is 0 Å². The molecule has 0 saturated carbocycles. The Morgan fingerprint density at radius 2 is 1.93 bits per heavy atom. The van der Waals surface area contributed by atoms with Gasteiger partial charge < -0.3 is 9.64 Å². The van der Waals surface area contributed by atoms with E-state index in [2.05, 4.69) is 43.0 Å². The van der Waals surface area contributed by atoms with Gasteiger partial charge in [0.15, 0.2) is 0 Å². The van der Waals surface area contributed by atoms with Crippen molar-refractivity contribution in [2.24, 2.45) is 5.92 Å². The molecule has 1 heterocycles. The highest BCUT2D eigenvalue weighted by Gasteiger charge is 2.24. The summed E-state index contributed by atoms with van der Waals surface area (Å²) in [6.07, 6.45) is 0. The third-order valence-electron chi connectivity index (χ3n) is 3.01. The van der Waals surface area contributed by atoms with Crippen molar-refractivity contribution < 1.29 is 4.74 Å². The van der Waals surface area contributed by atoms with Crippen LogP contribution in [0.25, 0.3) is 0 Å². The van der Waals surface area contributed by atoms with Crippen molar-refractivity contribution in [2.45, 2.75) is 19.9 Å². The van der Waals surface area contributed by atoms with Gasteiger partial charge in [-0.2, -0.15) is 0 Å². The van der Waals surface area contributed by atoms with Crippen molar-refractivity contribution in [2.75, 3.05) is 18.2 Å². The molecule has 2 heteroatoms. The molecular weight excluding hydrogens is 174 g/mol. The van der Waals surface area contributed by atoms with Gasteiger partial charge in [0.25, 0.3) is 0 Å². The molecule has 0 radical (unpaired) electrons. The Balaban J connectivity index is 2.17.